The van der Waals surface area contributed by atoms with Crippen molar-refractivity contribution in [1.29, 1.82) is 0 Å². The second-order valence-corrected chi connectivity index (χ2v) is 3.53. The zero-order valence-electron chi connectivity index (χ0n) is 7.19. The number of thiazole rings is 1. The number of aliphatic hydroxyl groups excluding tert-OH is 1. The summed E-state index contributed by atoms with van der Waals surface area (Å²) in [6.07, 6.45) is -0.420. The fourth-order valence-corrected chi connectivity index (χ4v) is 1.68. The number of nitrogens with zero attached hydrogens (tertiary/aromatic N) is 1. The Morgan fingerprint density at radius 3 is 3.00 bits per heavy atom. The van der Waals surface area contributed by atoms with Gasteiger partial charge in [-0.05, 0) is 18.0 Å². The third-order valence-electron chi connectivity index (χ3n) is 1.79. The summed E-state index contributed by atoms with van der Waals surface area (Å²) in [7, 11) is 0. The fraction of sp³-hybridized carbons (Fsp3) is 0.222. The predicted molar refractivity (Wildman–Crippen MR) is 49.1 cm³/mol. The van der Waals surface area contributed by atoms with Crippen LogP contribution in [0.4, 0.5) is 0 Å². The van der Waals surface area contributed by atoms with Gasteiger partial charge in [0.1, 0.15) is 0 Å². The fourth-order valence-electron chi connectivity index (χ4n) is 1.09. The largest absolute Gasteiger partial charge is 0.389 e. The first kappa shape index (κ1) is 11.2. The molecular formula is C9H8NOSY-. The molecule has 4 heteroatoms. The molecule has 1 N–H and O–H groups in total. The van der Waals surface area contributed by atoms with Gasteiger partial charge in [-0.25, -0.2) is 0 Å². The van der Waals surface area contributed by atoms with Gasteiger partial charge >= 0.3 is 0 Å². The minimum atomic E-state index is -0.420. The van der Waals surface area contributed by atoms with E-state index in [4.69, 9.17) is 0 Å². The van der Waals surface area contributed by atoms with Gasteiger partial charge in [-0.2, -0.15) is 0 Å². The summed E-state index contributed by atoms with van der Waals surface area (Å²) < 4.78 is 1.11. The molecule has 2 nitrogen and oxygen atoms in total. The molecular weight excluding hydrogens is 259 g/mol. The van der Waals surface area contributed by atoms with Gasteiger partial charge in [0.2, 0.25) is 0 Å². The van der Waals surface area contributed by atoms with Crippen LogP contribution in [0.1, 0.15) is 18.6 Å². The smallest absolute Gasteiger partial charge is 0.0751 e. The Labute approximate surface area is 106 Å². The van der Waals surface area contributed by atoms with Crippen molar-refractivity contribution in [3.63, 3.8) is 0 Å². The molecule has 2 aromatic rings. The zero-order chi connectivity index (χ0) is 8.55. The van der Waals surface area contributed by atoms with Crippen molar-refractivity contribution in [3.05, 3.63) is 29.3 Å². The van der Waals surface area contributed by atoms with Gasteiger partial charge < -0.3 is 10.1 Å². The normalized spacial score (nSPS) is 12.5. The molecule has 0 fully saturated rings. The van der Waals surface area contributed by atoms with Gasteiger partial charge in [0, 0.05) is 32.7 Å². The molecule has 0 saturated carbocycles. The van der Waals surface area contributed by atoms with Crippen LogP contribution < -0.4 is 0 Å². The average Bonchev–Trinajstić information content (AvgIpc) is 2.49. The number of aliphatic hydroxyl groups is 1. The predicted octanol–water partition coefficient (Wildman–Crippen LogP) is 2.15. The van der Waals surface area contributed by atoms with E-state index in [0.29, 0.717) is 0 Å². The van der Waals surface area contributed by atoms with Crippen LogP contribution in [0.5, 0.6) is 0 Å². The third-order valence-corrected chi connectivity index (χ3v) is 2.53. The Morgan fingerprint density at radius 2 is 2.31 bits per heavy atom. The minimum Gasteiger partial charge on any atom is -0.389 e. The van der Waals surface area contributed by atoms with E-state index in [2.05, 4.69) is 10.5 Å². The van der Waals surface area contributed by atoms with Gasteiger partial charge in [0.15, 0.2) is 0 Å². The maximum absolute atomic E-state index is 9.29. The number of fused-ring (bicyclic) bond motifs is 1. The Morgan fingerprint density at radius 1 is 1.54 bits per heavy atom. The second kappa shape index (κ2) is 4.60. The van der Waals surface area contributed by atoms with Gasteiger partial charge in [0.05, 0.1) is 6.10 Å². The molecule has 1 atom stereocenters. The van der Waals surface area contributed by atoms with E-state index < -0.39 is 6.10 Å². The van der Waals surface area contributed by atoms with Gasteiger partial charge in [0.25, 0.3) is 0 Å². The summed E-state index contributed by atoms with van der Waals surface area (Å²) in [5, 5.41) is 9.29. The van der Waals surface area contributed by atoms with Gasteiger partial charge in [-0.3, -0.25) is 11.3 Å². The third kappa shape index (κ3) is 2.35. The molecule has 2 rings (SSSR count). The Kier molecular flexibility index (Phi) is 3.98. The van der Waals surface area contributed by atoms with Crippen LogP contribution >= 0.6 is 11.3 Å². The number of aromatic nitrogens is 1. The molecule has 0 aliphatic rings. The SMILES string of the molecule is CC(O)c1ccc2s[c-]nc2c1.[Y]. The zero-order valence-corrected chi connectivity index (χ0v) is 10.8. The molecule has 0 spiro atoms. The molecule has 0 aliphatic carbocycles. The molecule has 1 heterocycles. The van der Waals surface area contributed by atoms with E-state index >= 15 is 0 Å². The second-order valence-electron chi connectivity index (χ2n) is 2.71. The molecule has 0 amide bonds. The van der Waals surface area contributed by atoms with E-state index in [1.165, 1.54) is 11.3 Å². The first-order valence-electron chi connectivity index (χ1n) is 3.72. The number of rotatable bonds is 1. The molecule has 0 saturated heterocycles. The number of hydrogen-bond donors (Lipinski definition) is 1. The standard InChI is InChI=1S/C9H8NOS.Y/c1-6(11)7-2-3-9-8(4-7)10-5-12-9;/h2-4,6,11H,1H3;/q-1;. The monoisotopic (exact) mass is 267 g/mol. The Hall–Kier alpha value is 0.174. The molecule has 65 valence electrons. The minimum absolute atomic E-state index is 0. The molecule has 13 heavy (non-hydrogen) atoms. The van der Waals surface area contributed by atoms with Gasteiger partial charge in [-0.15, -0.1) is 10.8 Å². The maximum atomic E-state index is 9.29. The Bertz CT molecular complexity index is 399. The van der Waals surface area contributed by atoms with Crippen LogP contribution in [0.3, 0.4) is 0 Å². The summed E-state index contributed by atoms with van der Waals surface area (Å²) in [6.45, 7) is 1.75. The van der Waals surface area contributed by atoms with E-state index in [0.717, 1.165) is 15.8 Å². The average molecular weight is 267 g/mol. The van der Waals surface area contributed by atoms with Crippen LogP contribution in [0.2, 0.25) is 0 Å². The topological polar surface area (TPSA) is 33.1 Å². The van der Waals surface area contributed by atoms with Crippen molar-refractivity contribution < 1.29 is 37.8 Å². The van der Waals surface area contributed by atoms with E-state index in [1.54, 1.807) is 6.92 Å². The van der Waals surface area contributed by atoms with Crippen molar-refractivity contribution in [2.75, 3.05) is 0 Å². The first-order valence-corrected chi connectivity index (χ1v) is 4.53. The summed E-state index contributed by atoms with van der Waals surface area (Å²) in [4.78, 5) is 4.04. The first-order chi connectivity index (χ1) is 5.77. The van der Waals surface area contributed by atoms with E-state index in [-0.39, 0.29) is 32.7 Å². The molecule has 1 radical (unpaired) electrons. The molecule has 1 unspecified atom stereocenters. The van der Waals surface area contributed by atoms with Crippen molar-refractivity contribution in [3.8, 4) is 0 Å². The summed E-state index contributed by atoms with van der Waals surface area (Å²) >= 11 is 1.49. The summed E-state index contributed by atoms with van der Waals surface area (Å²) in [6, 6.07) is 5.78. The molecule has 0 bridgehead atoms. The molecule has 1 aromatic heterocycles. The van der Waals surface area contributed by atoms with Crippen LogP contribution in [0, 0.1) is 5.51 Å². The van der Waals surface area contributed by atoms with Crippen LogP contribution in [0.15, 0.2) is 18.2 Å². The van der Waals surface area contributed by atoms with E-state index in [9.17, 15) is 5.11 Å². The van der Waals surface area contributed by atoms with Crippen molar-refractivity contribution >= 4 is 21.6 Å². The summed E-state index contributed by atoms with van der Waals surface area (Å²) in [5.41, 5.74) is 4.63. The van der Waals surface area contributed by atoms with Crippen molar-refractivity contribution in [2.24, 2.45) is 0 Å². The van der Waals surface area contributed by atoms with Crippen LogP contribution in [-0.4, -0.2) is 10.1 Å². The quantitative estimate of drug-likeness (QED) is 0.803. The van der Waals surface area contributed by atoms with Crippen molar-refractivity contribution in [1.82, 2.24) is 4.98 Å². The van der Waals surface area contributed by atoms with Gasteiger partial charge in [-0.1, -0.05) is 17.6 Å². The van der Waals surface area contributed by atoms with Crippen LogP contribution in [-0.2, 0) is 32.7 Å². The number of hydrogen-bond acceptors (Lipinski definition) is 3. The maximum Gasteiger partial charge on any atom is 0.0751 e. The van der Waals surface area contributed by atoms with Crippen molar-refractivity contribution in [2.45, 2.75) is 13.0 Å². The number of benzene rings is 1. The molecule has 0 aliphatic heterocycles. The van der Waals surface area contributed by atoms with E-state index in [1.807, 2.05) is 18.2 Å². The summed E-state index contributed by atoms with van der Waals surface area (Å²) in [5.74, 6) is 0. The molecule has 1 aromatic carbocycles. The van der Waals surface area contributed by atoms with Crippen LogP contribution in [0.25, 0.3) is 10.2 Å². The Balaban J connectivity index is 0.000000845.